The molecule has 0 radical (unpaired) electrons. The number of benzene rings is 1. The summed E-state index contributed by atoms with van der Waals surface area (Å²) in [5.41, 5.74) is 1.73. The molecule has 3 aromatic rings. The highest BCUT2D eigenvalue weighted by Gasteiger charge is 2.18. The van der Waals surface area contributed by atoms with Crippen LogP contribution in [0.15, 0.2) is 42.0 Å². The predicted octanol–water partition coefficient (Wildman–Crippen LogP) is 3.50. The summed E-state index contributed by atoms with van der Waals surface area (Å²) in [5.74, 6) is 0.285. The van der Waals surface area contributed by atoms with E-state index in [0.29, 0.717) is 6.54 Å². The van der Waals surface area contributed by atoms with Gasteiger partial charge < -0.3 is 9.88 Å². The van der Waals surface area contributed by atoms with Crippen LogP contribution in [0.4, 0.5) is 0 Å². The molecule has 3 rings (SSSR count). The van der Waals surface area contributed by atoms with E-state index in [2.05, 4.69) is 16.9 Å². The lowest BCUT2D eigenvalue weighted by molar-refractivity contribution is 0.0790. The number of hydrogen-bond donors (Lipinski definition) is 1. The second kappa shape index (κ2) is 5.69. The zero-order valence-electron chi connectivity index (χ0n) is 12.0. The van der Waals surface area contributed by atoms with Crippen LogP contribution in [0.3, 0.4) is 0 Å². The zero-order chi connectivity index (χ0) is 14.8. The molecule has 0 saturated carbocycles. The molecule has 5 heteroatoms. The van der Waals surface area contributed by atoms with Gasteiger partial charge in [0.25, 0.3) is 5.91 Å². The minimum Gasteiger partial charge on any atom is -0.361 e. The number of carbonyl (C=O) groups excluding carboxylic acids is 1. The van der Waals surface area contributed by atoms with Crippen molar-refractivity contribution in [2.45, 2.75) is 12.8 Å². The summed E-state index contributed by atoms with van der Waals surface area (Å²) < 4.78 is 0. The van der Waals surface area contributed by atoms with Gasteiger partial charge in [0.15, 0.2) is 0 Å². The van der Waals surface area contributed by atoms with Gasteiger partial charge in [-0.3, -0.25) is 4.79 Å². The van der Waals surface area contributed by atoms with Gasteiger partial charge in [-0.25, -0.2) is 4.98 Å². The van der Waals surface area contributed by atoms with E-state index in [-0.39, 0.29) is 11.8 Å². The molecule has 0 fully saturated rings. The van der Waals surface area contributed by atoms with E-state index < -0.39 is 0 Å². The van der Waals surface area contributed by atoms with Crippen molar-refractivity contribution < 1.29 is 4.79 Å². The number of nitrogens with zero attached hydrogens (tertiary/aromatic N) is 2. The van der Waals surface area contributed by atoms with Crippen molar-refractivity contribution in [2.75, 3.05) is 13.6 Å². The van der Waals surface area contributed by atoms with Gasteiger partial charge in [-0.1, -0.05) is 13.0 Å². The number of rotatable bonds is 4. The van der Waals surface area contributed by atoms with Crippen LogP contribution >= 0.6 is 11.3 Å². The van der Waals surface area contributed by atoms with Crippen LogP contribution < -0.4 is 0 Å². The quantitative estimate of drug-likeness (QED) is 0.801. The molecule has 1 aromatic carbocycles. The van der Waals surface area contributed by atoms with Crippen molar-refractivity contribution in [3.63, 3.8) is 0 Å². The van der Waals surface area contributed by atoms with Crippen LogP contribution in [-0.4, -0.2) is 34.4 Å². The summed E-state index contributed by atoms with van der Waals surface area (Å²) in [7, 11) is 1.85. The number of H-pyrrole nitrogens is 1. The lowest BCUT2D eigenvalue weighted by Gasteiger charge is -2.21. The van der Waals surface area contributed by atoms with Gasteiger partial charge >= 0.3 is 0 Å². The Hall–Kier alpha value is -2.14. The Kier molecular flexibility index (Phi) is 3.75. The highest BCUT2D eigenvalue weighted by atomic mass is 32.1. The van der Waals surface area contributed by atoms with E-state index in [0.717, 1.165) is 21.5 Å². The topological polar surface area (TPSA) is 49.0 Å². The van der Waals surface area contributed by atoms with Crippen molar-refractivity contribution in [1.82, 2.24) is 14.9 Å². The zero-order valence-corrected chi connectivity index (χ0v) is 12.9. The lowest BCUT2D eigenvalue weighted by Crippen LogP contribution is -2.30. The summed E-state index contributed by atoms with van der Waals surface area (Å²) in [6.45, 7) is 2.76. The summed E-state index contributed by atoms with van der Waals surface area (Å²) in [6.07, 6.45) is 3.67. The minimum absolute atomic E-state index is 0.0450. The molecule has 4 nitrogen and oxygen atoms in total. The van der Waals surface area contributed by atoms with Gasteiger partial charge in [0.1, 0.15) is 0 Å². The van der Waals surface area contributed by atoms with Crippen molar-refractivity contribution >= 4 is 28.1 Å². The van der Waals surface area contributed by atoms with E-state index in [1.165, 1.54) is 0 Å². The number of aromatic amines is 1. The van der Waals surface area contributed by atoms with Gasteiger partial charge in [0, 0.05) is 53.8 Å². The predicted molar refractivity (Wildman–Crippen MR) is 85.8 cm³/mol. The molecular weight excluding hydrogens is 282 g/mol. The number of fused-ring (bicyclic) bond motifs is 1. The molecule has 21 heavy (non-hydrogen) atoms. The van der Waals surface area contributed by atoms with Crippen molar-refractivity contribution in [2.24, 2.45) is 0 Å². The maximum Gasteiger partial charge on any atom is 0.254 e. The molecule has 1 atom stereocenters. The molecule has 0 spiro atoms. The third kappa shape index (κ3) is 2.69. The molecule has 0 aliphatic carbocycles. The second-order valence-electron chi connectivity index (χ2n) is 5.20. The van der Waals surface area contributed by atoms with Crippen molar-refractivity contribution in [3.05, 3.63) is 52.6 Å². The van der Waals surface area contributed by atoms with Gasteiger partial charge in [-0.2, -0.15) is 0 Å². The van der Waals surface area contributed by atoms with E-state index in [1.54, 1.807) is 22.4 Å². The number of nitrogens with one attached hydrogen (secondary N) is 1. The number of thiazole rings is 1. The third-order valence-corrected chi connectivity index (χ3v) is 4.60. The maximum atomic E-state index is 12.7. The summed E-state index contributed by atoms with van der Waals surface area (Å²) in [6, 6.07) is 7.71. The summed E-state index contributed by atoms with van der Waals surface area (Å²) >= 11 is 1.63. The average molecular weight is 299 g/mol. The van der Waals surface area contributed by atoms with Crippen LogP contribution in [0.5, 0.6) is 0 Å². The van der Waals surface area contributed by atoms with Gasteiger partial charge in [-0.05, 0) is 18.2 Å². The molecule has 0 saturated heterocycles. The van der Waals surface area contributed by atoms with Gasteiger partial charge in [0.2, 0.25) is 0 Å². The molecule has 1 N–H and O–H groups in total. The Morgan fingerprint density at radius 2 is 2.29 bits per heavy atom. The fourth-order valence-electron chi connectivity index (χ4n) is 2.53. The number of aromatic nitrogens is 2. The van der Waals surface area contributed by atoms with E-state index >= 15 is 0 Å². The number of hydrogen-bond acceptors (Lipinski definition) is 3. The SMILES string of the molecule is C[C@@H](CN(C)C(=O)c1cccc2[nH]ccc12)c1nccs1. The molecule has 2 heterocycles. The lowest BCUT2D eigenvalue weighted by atomic mass is 10.1. The smallest absolute Gasteiger partial charge is 0.254 e. The Morgan fingerprint density at radius 1 is 1.43 bits per heavy atom. The number of amides is 1. The second-order valence-corrected chi connectivity index (χ2v) is 6.13. The van der Waals surface area contributed by atoms with Crippen molar-refractivity contribution in [1.29, 1.82) is 0 Å². The normalized spacial score (nSPS) is 12.5. The molecule has 0 aliphatic rings. The van der Waals surface area contributed by atoms with E-state index in [4.69, 9.17) is 0 Å². The Labute approximate surface area is 127 Å². The monoisotopic (exact) mass is 299 g/mol. The van der Waals surface area contributed by atoms with E-state index in [1.807, 2.05) is 42.9 Å². The third-order valence-electron chi connectivity index (χ3n) is 3.59. The first kappa shape index (κ1) is 13.8. The van der Waals surface area contributed by atoms with Gasteiger partial charge in [0.05, 0.1) is 5.01 Å². The summed E-state index contributed by atoms with van der Waals surface area (Å²) in [5, 5.41) is 4.00. The standard InChI is InChI=1S/C16H17N3OS/c1-11(15-18-8-9-21-15)10-19(2)16(20)13-4-3-5-14-12(13)6-7-17-14/h3-9,11,17H,10H2,1-2H3/t11-/m0/s1. The van der Waals surface area contributed by atoms with E-state index in [9.17, 15) is 4.79 Å². The molecule has 2 aromatic heterocycles. The fourth-order valence-corrected chi connectivity index (χ4v) is 3.22. The first-order valence-corrected chi connectivity index (χ1v) is 7.75. The molecule has 0 unspecified atom stereocenters. The summed E-state index contributed by atoms with van der Waals surface area (Å²) in [4.78, 5) is 21.9. The van der Waals surface area contributed by atoms with Crippen molar-refractivity contribution in [3.8, 4) is 0 Å². The highest BCUT2D eigenvalue weighted by Crippen LogP contribution is 2.22. The average Bonchev–Trinajstić information content (AvgIpc) is 3.16. The largest absolute Gasteiger partial charge is 0.361 e. The minimum atomic E-state index is 0.0450. The molecule has 108 valence electrons. The van der Waals surface area contributed by atoms with Crippen LogP contribution in [-0.2, 0) is 0 Å². The Balaban J connectivity index is 1.80. The molecule has 0 aliphatic heterocycles. The van der Waals surface area contributed by atoms with Crippen LogP contribution in [0, 0.1) is 0 Å². The molecular formula is C16H17N3OS. The Bertz CT molecular complexity index is 748. The number of likely N-dealkylation sites (N-methyl/N-ethyl adjacent to an activating group) is 1. The molecule has 0 bridgehead atoms. The fraction of sp³-hybridized carbons (Fsp3) is 0.250. The Morgan fingerprint density at radius 3 is 3.05 bits per heavy atom. The van der Waals surface area contributed by atoms with Crippen LogP contribution in [0.25, 0.3) is 10.9 Å². The number of carbonyl (C=O) groups is 1. The van der Waals surface area contributed by atoms with Crippen LogP contribution in [0.2, 0.25) is 0 Å². The molecule has 1 amide bonds. The first-order valence-electron chi connectivity index (χ1n) is 6.88. The highest BCUT2D eigenvalue weighted by molar-refractivity contribution is 7.09. The van der Waals surface area contributed by atoms with Crippen LogP contribution in [0.1, 0.15) is 28.2 Å². The maximum absolute atomic E-state index is 12.7. The first-order chi connectivity index (χ1) is 10.2. The van der Waals surface area contributed by atoms with Gasteiger partial charge in [-0.15, -0.1) is 11.3 Å².